The summed E-state index contributed by atoms with van der Waals surface area (Å²) in [6.07, 6.45) is 0.725. The number of hydrogen-bond donors (Lipinski definition) is 3. The maximum atomic E-state index is 14.2. The summed E-state index contributed by atoms with van der Waals surface area (Å²) in [6, 6.07) is 17.6. The lowest BCUT2D eigenvalue weighted by atomic mass is 10.1. The summed E-state index contributed by atoms with van der Waals surface area (Å²) in [4.78, 5) is 29.8. The Morgan fingerprint density at radius 3 is 2.57 bits per heavy atom. The van der Waals surface area contributed by atoms with Gasteiger partial charge in [0.2, 0.25) is 0 Å². The molecule has 2 heterocycles. The van der Waals surface area contributed by atoms with Crippen molar-refractivity contribution in [2.45, 2.75) is 13.0 Å². The molecule has 3 N–H and O–H groups in total. The summed E-state index contributed by atoms with van der Waals surface area (Å²) in [6.45, 7) is 1.59. The van der Waals surface area contributed by atoms with Crippen LogP contribution in [-0.4, -0.2) is 44.3 Å². The highest BCUT2D eigenvalue weighted by atomic mass is 35.5. The number of aliphatic hydroxyl groups excluding tert-OH is 1. The Bertz CT molecular complexity index is 1370. The zero-order valence-electron chi connectivity index (χ0n) is 18.6. The molecule has 0 fully saturated rings. The predicted molar refractivity (Wildman–Crippen MR) is 130 cm³/mol. The Hall–Kier alpha value is -4.08. The molecule has 4 rings (SSSR count). The van der Waals surface area contributed by atoms with Crippen molar-refractivity contribution >= 4 is 29.2 Å². The molecule has 0 saturated carbocycles. The summed E-state index contributed by atoms with van der Waals surface area (Å²) < 4.78 is 15.6. The van der Waals surface area contributed by atoms with E-state index in [2.05, 4.69) is 20.7 Å². The fraction of sp³-hybridized carbons (Fsp3) is 0.120. The number of rotatable bonds is 7. The van der Waals surface area contributed by atoms with Crippen LogP contribution in [-0.2, 0) is 0 Å². The van der Waals surface area contributed by atoms with E-state index in [4.69, 9.17) is 11.6 Å². The molecule has 0 spiro atoms. The molecule has 0 bridgehead atoms. The first kappa shape index (κ1) is 24.1. The number of aliphatic hydroxyl groups is 1. The lowest BCUT2D eigenvalue weighted by Gasteiger charge is -2.11. The van der Waals surface area contributed by atoms with Gasteiger partial charge in [-0.05, 0) is 43.3 Å². The molecule has 0 radical (unpaired) electrons. The van der Waals surface area contributed by atoms with Gasteiger partial charge in [-0.3, -0.25) is 14.6 Å². The largest absolute Gasteiger partial charge is 0.392 e. The van der Waals surface area contributed by atoms with Crippen LogP contribution >= 0.6 is 11.6 Å². The summed E-state index contributed by atoms with van der Waals surface area (Å²) >= 11 is 6.28. The van der Waals surface area contributed by atoms with Gasteiger partial charge in [-0.1, -0.05) is 35.9 Å². The second-order valence-corrected chi connectivity index (χ2v) is 8.11. The minimum absolute atomic E-state index is 0.0419. The van der Waals surface area contributed by atoms with Gasteiger partial charge in [0.25, 0.3) is 11.8 Å². The number of carbonyl (C=O) groups excluding carboxylic acids is 2. The second kappa shape index (κ2) is 10.5. The monoisotopic (exact) mass is 493 g/mol. The molecule has 2 aromatic heterocycles. The molecule has 0 aliphatic carbocycles. The molecular formula is C25H21ClFN5O3. The Balaban J connectivity index is 1.68. The number of para-hydroxylation sites is 1. The maximum Gasteiger partial charge on any atom is 0.271 e. The van der Waals surface area contributed by atoms with Crippen LogP contribution in [0, 0.1) is 5.82 Å². The Morgan fingerprint density at radius 1 is 1.09 bits per heavy atom. The van der Waals surface area contributed by atoms with Crippen LogP contribution in [0.4, 0.5) is 10.2 Å². The molecule has 35 heavy (non-hydrogen) atoms. The van der Waals surface area contributed by atoms with Crippen molar-refractivity contribution in [2.75, 3.05) is 11.9 Å². The molecule has 0 unspecified atom stereocenters. The zero-order chi connectivity index (χ0) is 24.9. The number of hydrogen-bond acceptors (Lipinski definition) is 5. The van der Waals surface area contributed by atoms with Crippen LogP contribution in [0.3, 0.4) is 0 Å². The van der Waals surface area contributed by atoms with Gasteiger partial charge in [-0.15, -0.1) is 0 Å². The topological polar surface area (TPSA) is 109 Å². The van der Waals surface area contributed by atoms with Crippen molar-refractivity contribution in [1.29, 1.82) is 0 Å². The normalized spacial score (nSPS) is 11.7. The minimum atomic E-state index is -0.729. The maximum absolute atomic E-state index is 14.2. The lowest BCUT2D eigenvalue weighted by Crippen LogP contribution is -2.30. The smallest absolute Gasteiger partial charge is 0.271 e. The SMILES string of the molecule is C[C@@H](O)CNC(=O)c1cc(NC(=O)c2cc(-c3ncccc3F)ccc2Cl)n(-c2ccccc2)n1. The third-order valence-electron chi connectivity index (χ3n) is 4.99. The van der Waals surface area contributed by atoms with E-state index in [0.717, 1.165) is 0 Å². The molecule has 178 valence electrons. The van der Waals surface area contributed by atoms with E-state index in [1.165, 1.54) is 41.2 Å². The van der Waals surface area contributed by atoms with Gasteiger partial charge in [0, 0.05) is 24.4 Å². The van der Waals surface area contributed by atoms with Crippen molar-refractivity contribution in [3.63, 3.8) is 0 Å². The second-order valence-electron chi connectivity index (χ2n) is 7.70. The van der Waals surface area contributed by atoms with E-state index in [9.17, 15) is 19.1 Å². The molecule has 2 aromatic carbocycles. The van der Waals surface area contributed by atoms with Gasteiger partial charge < -0.3 is 15.7 Å². The van der Waals surface area contributed by atoms with E-state index < -0.39 is 23.7 Å². The molecule has 0 aliphatic rings. The number of carbonyl (C=O) groups is 2. The fourth-order valence-corrected chi connectivity index (χ4v) is 3.51. The molecular weight excluding hydrogens is 473 g/mol. The summed E-state index contributed by atoms with van der Waals surface area (Å²) in [5.74, 6) is -1.41. The summed E-state index contributed by atoms with van der Waals surface area (Å²) in [5.41, 5.74) is 1.21. The van der Waals surface area contributed by atoms with Gasteiger partial charge in [0.15, 0.2) is 5.69 Å². The van der Waals surface area contributed by atoms with E-state index in [1.807, 2.05) is 6.07 Å². The molecule has 0 aliphatic heterocycles. The first-order valence-electron chi connectivity index (χ1n) is 10.7. The Kier molecular flexibility index (Phi) is 7.19. The van der Waals surface area contributed by atoms with Crippen molar-refractivity contribution in [1.82, 2.24) is 20.1 Å². The van der Waals surface area contributed by atoms with Crippen LogP contribution in [0.1, 0.15) is 27.8 Å². The van der Waals surface area contributed by atoms with E-state index >= 15 is 0 Å². The number of amides is 2. The van der Waals surface area contributed by atoms with E-state index in [1.54, 1.807) is 37.3 Å². The highest BCUT2D eigenvalue weighted by Gasteiger charge is 2.20. The standard InChI is InChI=1S/C25H21ClFN5O3/c1-15(33)14-29-25(35)21-13-22(32(31-21)17-6-3-2-4-7-17)30-24(34)18-12-16(9-10-19(18)26)23-20(27)8-5-11-28-23/h2-13,15,33H,14H2,1H3,(H,29,35)(H,30,34)/t15-/m1/s1. The van der Waals surface area contributed by atoms with Crippen LogP contribution in [0.15, 0.2) is 72.9 Å². The molecule has 10 heteroatoms. The van der Waals surface area contributed by atoms with Gasteiger partial charge >= 0.3 is 0 Å². The molecule has 2 amide bonds. The number of anilines is 1. The van der Waals surface area contributed by atoms with E-state index in [0.29, 0.717) is 11.3 Å². The van der Waals surface area contributed by atoms with Crippen LogP contribution < -0.4 is 10.6 Å². The van der Waals surface area contributed by atoms with Crippen molar-refractivity contribution in [2.24, 2.45) is 0 Å². The van der Waals surface area contributed by atoms with Gasteiger partial charge in [-0.2, -0.15) is 5.10 Å². The molecule has 0 saturated heterocycles. The molecule has 1 atom stereocenters. The third kappa shape index (κ3) is 5.53. The van der Waals surface area contributed by atoms with Crippen molar-refractivity contribution < 1.29 is 19.1 Å². The van der Waals surface area contributed by atoms with Gasteiger partial charge in [0.05, 0.1) is 22.4 Å². The Morgan fingerprint density at radius 2 is 1.86 bits per heavy atom. The van der Waals surface area contributed by atoms with E-state index in [-0.39, 0.29) is 34.3 Å². The number of aromatic nitrogens is 3. The van der Waals surface area contributed by atoms with Gasteiger partial charge in [-0.25, -0.2) is 9.07 Å². The number of pyridine rings is 1. The quantitative estimate of drug-likeness (QED) is 0.359. The predicted octanol–water partition coefficient (Wildman–Crippen LogP) is 4.09. The third-order valence-corrected chi connectivity index (χ3v) is 5.31. The fourth-order valence-electron chi connectivity index (χ4n) is 3.31. The van der Waals surface area contributed by atoms with Crippen molar-refractivity contribution in [3.05, 3.63) is 95.0 Å². The molecule has 4 aromatic rings. The number of nitrogens with one attached hydrogen (secondary N) is 2. The average Bonchev–Trinajstić information content (AvgIpc) is 3.27. The minimum Gasteiger partial charge on any atom is -0.392 e. The molecule has 8 nitrogen and oxygen atoms in total. The zero-order valence-corrected chi connectivity index (χ0v) is 19.3. The first-order chi connectivity index (χ1) is 16.8. The number of benzene rings is 2. The number of nitrogens with zero attached hydrogens (tertiary/aromatic N) is 3. The van der Waals surface area contributed by atoms with Gasteiger partial charge in [0.1, 0.15) is 17.3 Å². The lowest BCUT2D eigenvalue weighted by molar-refractivity contribution is 0.0918. The van der Waals surface area contributed by atoms with Crippen molar-refractivity contribution in [3.8, 4) is 16.9 Å². The highest BCUT2D eigenvalue weighted by Crippen LogP contribution is 2.27. The average molecular weight is 494 g/mol. The Labute approximate surface area is 205 Å². The van der Waals surface area contributed by atoms with Crippen LogP contribution in [0.25, 0.3) is 16.9 Å². The number of halogens is 2. The highest BCUT2D eigenvalue weighted by molar-refractivity contribution is 6.34. The van der Waals surface area contributed by atoms with Crippen LogP contribution in [0.5, 0.6) is 0 Å². The van der Waals surface area contributed by atoms with Crippen LogP contribution in [0.2, 0.25) is 5.02 Å². The summed E-state index contributed by atoms with van der Waals surface area (Å²) in [7, 11) is 0. The first-order valence-corrected chi connectivity index (χ1v) is 11.0. The summed E-state index contributed by atoms with van der Waals surface area (Å²) in [5, 5.41) is 19.2.